The Morgan fingerprint density at radius 3 is 2.50 bits per heavy atom. The molecule has 22 heavy (non-hydrogen) atoms. The van der Waals surface area contributed by atoms with E-state index in [-0.39, 0.29) is 12.7 Å². The molecule has 0 saturated carbocycles. The predicted molar refractivity (Wildman–Crippen MR) is 74.3 cm³/mol. The Morgan fingerprint density at radius 2 is 1.95 bits per heavy atom. The van der Waals surface area contributed by atoms with Crippen molar-refractivity contribution in [2.24, 2.45) is 0 Å². The summed E-state index contributed by atoms with van der Waals surface area (Å²) in [6, 6.07) is 0. The molecule has 0 aliphatic carbocycles. The number of rotatable bonds is 6. The highest BCUT2D eigenvalue weighted by Crippen LogP contribution is 2.25. The molecule has 1 saturated heterocycles. The molecule has 8 heteroatoms. The molecule has 1 fully saturated rings. The first-order valence-electron chi connectivity index (χ1n) is 6.80. The molecule has 0 amide bonds. The zero-order valence-corrected chi connectivity index (χ0v) is 13.2. The number of carbonyl (C=O) groups is 2. The normalized spacial score (nSPS) is 21.4. The Balaban J connectivity index is 2.50. The van der Waals surface area contributed by atoms with Crippen LogP contribution in [0.4, 0.5) is 9.59 Å². The Hall–Kier alpha value is -1.80. The van der Waals surface area contributed by atoms with Gasteiger partial charge in [-0.15, -0.1) is 0 Å². The lowest BCUT2D eigenvalue weighted by molar-refractivity contribution is -0.140. The van der Waals surface area contributed by atoms with Crippen LogP contribution in [-0.4, -0.2) is 57.7 Å². The quantitative estimate of drug-likeness (QED) is 0.543. The second kappa shape index (κ2) is 8.60. The van der Waals surface area contributed by atoms with Gasteiger partial charge >= 0.3 is 12.3 Å². The van der Waals surface area contributed by atoms with Crippen LogP contribution in [0.2, 0.25) is 0 Å². The van der Waals surface area contributed by atoms with Gasteiger partial charge in [-0.1, -0.05) is 0 Å². The number of ether oxygens (including phenoxy) is 6. The fourth-order valence-corrected chi connectivity index (χ4v) is 1.86. The van der Waals surface area contributed by atoms with Crippen molar-refractivity contribution in [1.29, 1.82) is 0 Å². The van der Waals surface area contributed by atoms with E-state index in [0.29, 0.717) is 13.0 Å². The van der Waals surface area contributed by atoms with Crippen LogP contribution in [0, 0.1) is 0 Å². The molecule has 2 unspecified atom stereocenters. The second-order valence-corrected chi connectivity index (χ2v) is 4.99. The van der Waals surface area contributed by atoms with Gasteiger partial charge in [0.1, 0.15) is 12.7 Å². The minimum absolute atomic E-state index is 0.00121. The van der Waals surface area contributed by atoms with E-state index in [1.54, 1.807) is 12.2 Å². The summed E-state index contributed by atoms with van der Waals surface area (Å²) in [5.41, 5.74) is 0. The van der Waals surface area contributed by atoms with E-state index in [4.69, 9.17) is 18.9 Å². The molecule has 0 aromatic carbocycles. The lowest BCUT2D eigenvalue weighted by Gasteiger charge is -2.19. The maximum Gasteiger partial charge on any atom is 0.508 e. The molecule has 0 radical (unpaired) electrons. The number of hydrogen-bond acceptors (Lipinski definition) is 8. The number of hydrogen-bond donors (Lipinski definition) is 0. The highest BCUT2D eigenvalue weighted by molar-refractivity contribution is 5.60. The van der Waals surface area contributed by atoms with E-state index in [1.807, 2.05) is 13.8 Å². The van der Waals surface area contributed by atoms with Gasteiger partial charge in [0.25, 0.3) is 0 Å². The summed E-state index contributed by atoms with van der Waals surface area (Å²) < 4.78 is 29.7. The lowest BCUT2D eigenvalue weighted by atomic mass is 10.1. The fraction of sp³-hybridized carbons (Fsp3) is 0.714. The fourth-order valence-electron chi connectivity index (χ4n) is 1.86. The molecule has 0 N–H and O–H groups in total. The van der Waals surface area contributed by atoms with Gasteiger partial charge in [0.15, 0.2) is 5.79 Å². The van der Waals surface area contributed by atoms with Crippen LogP contribution >= 0.6 is 0 Å². The van der Waals surface area contributed by atoms with Crippen molar-refractivity contribution < 1.29 is 38.0 Å². The van der Waals surface area contributed by atoms with Gasteiger partial charge in [-0.3, -0.25) is 0 Å². The average molecular weight is 318 g/mol. The van der Waals surface area contributed by atoms with E-state index in [9.17, 15) is 9.59 Å². The third-order valence-electron chi connectivity index (χ3n) is 2.79. The molecule has 0 bridgehead atoms. The monoisotopic (exact) mass is 318 g/mol. The SMILES string of the molecule is COC(=O)OC/C=C/C(CC1COC(C)(C)O1)OC(=O)OC. The van der Waals surface area contributed by atoms with Gasteiger partial charge in [0.05, 0.1) is 26.9 Å². The van der Waals surface area contributed by atoms with Crippen molar-refractivity contribution in [3.05, 3.63) is 12.2 Å². The van der Waals surface area contributed by atoms with Crippen molar-refractivity contribution in [2.45, 2.75) is 38.3 Å². The molecular weight excluding hydrogens is 296 g/mol. The van der Waals surface area contributed by atoms with Crippen LogP contribution in [0.3, 0.4) is 0 Å². The topological polar surface area (TPSA) is 89.5 Å². The summed E-state index contributed by atoms with van der Waals surface area (Å²) >= 11 is 0. The minimum atomic E-state index is -0.804. The summed E-state index contributed by atoms with van der Waals surface area (Å²) in [7, 11) is 2.44. The molecule has 8 nitrogen and oxygen atoms in total. The van der Waals surface area contributed by atoms with Gasteiger partial charge in [-0.2, -0.15) is 0 Å². The molecule has 2 atom stereocenters. The van der Waals surface area contributed by atoms with Crippen molar-refractivity contribution in [3.8, 4) is 0 Å². The average Bonchev–Trinajstić information content (AvgIpc) is 2.81. The summed E-state index contributed by atoms with van der Waals surface area (Å²) in [6.45, 7) is 4.02. The lowest BCUT2D eigenvalue weighted by Crippen LogP contribution is -2.26. The Labute approximate surface area is 129 Å². The van der Waals surface area contributed by atoms with Crippen LogP contribution < -0.4 is 0 Å². The standard InChI is InChI=1S/C14H22O8/c1-14(2)20-9-11(22-14)8-10(21-13(16)18-4)6-5-7-19-12(15)17-3/h5-6,10-11H,7-9H2,1-4H3/b6-5+. The Kier molecular flexibility index (Phi) is 7.13. The summed E-state index contributed by atoms with van der Waals surface area (Å²) in [5, 5.41) is 0. The maximum atomic E-state index is 11.3. The van der Waals surface area contributed by atoms with Crippen LogP contribution in [0.5, 0.6) is 0 Å². The van der Waals surface area contributed by atoms with Gasteiger partial charge < -0.3 is 28.4 Å². The van der Waals surface area contributed by atoms with Gasteiger partial charge in [0.2, 0.25) is 0 Å². The van der Waals surface area contributed by atoms with Crippen molar-refractivity contribution in [2.75, 3.05) is 27.4 Å². The summed E-state index contributed by atoms with van der Waals surface area (Å²) in [5.74, 6) is -0.655. The van der Waals surface area contributed by atoms with E-state index >= 15 is 0 Å². The Morgan fingerprint density at radius 1 is 1.27 bits per heavy atom. The van der Waals surface area contributed by atoms with E-state index in [2.05, 4.69) is 9.47 Å². The third-order valence-corrected chi connectivity index (χ3v) is 2.79. The van der Waals surface area contributed by atoms with Crippen LogP contribution in [0.25, 0.3) is 0 Å². The van der Waals surface area contributed by atoms with E-state index in [0.717, 1.165) is 0 Å². The minimum Gasteiger partial charge on any atom is -0.438 e. The molecule has 1 heterocycles. The molecule has 1 aliphatic heterocycles. The zero-order chi connectivity index (χ0) is 16.6. The van der Waals surface area contributed by atoms with Crippen molar-refractivity contribution in [1.82, 2.24) is 0 Å². The van der Waals surface area contributed by atoms with E-state index in [1.165, 1.54) is 14.2 Å². The summed E-state index contributed by atoms with van der Waals surface area (Å²) in [4.78, 5) is 22.1. The first-order valence-corrected chi connectivity index (χ1v) is 6.80. The molecule has 1 rings (SSSR count). The zero-order valence-electron chi connectivity index (χ0n) is 13.2. The molecule has 1 aliphatic rings. The first kappa shape index (κ1) is 18.2. The van der Waals surface area contributed by atoms with Crippen molar-refractivity contribution >= 4 is 12.3 Å². The van der Waals surface area contributed by atoms with E-state index < -0.39 is 24.2 Å². The molecule has 0 aromatic heterocycles. The largest absolute Gasteiger partial charge is 0.508 e. The third kappa shape index (κ3) is 6.77. The molecule has 0 spiro atoms. The highest BCUT2D eigenvalue weighted by atomic mass is 16.7. The molecule has 126 valence electrons. The highest BCUT2D eigenvalue weighted by Gasteiger charge is 2.34. The first-order chi connectivity index (χ1) is 10.4. The smallest absolute Gasteiger partial charge is 0.438 e. The second-order valence-electron chi connectivity index (χ2n) is 4.99. The molecular formula is C14H22O8. The molecule has 0 aromatic rings. The number of methoxy groups -OCH3 is 2. The van der Waals surface area contributed by atoms with Crippen LogP contribution in [0.1, 0.15) is 20.3 Å². The Bertz CT molecular complexity index is 404. The van der Waals surface area contributed by atoms with Crippen LogP contribution in [-0.2, 0) is 28.4 Å². The van der Waals surface area contributed by atoms with Gasteiger partial charge in [-0.25, -0.2) is 9.59 Å². The predicted octanol–water partition coefficient (Wildman–Crippen LogP) is 2.02. The van der Waals surface area contributed by atoms with Gasteiger partial charge in [-0.05, 0) is 26.0 Å². The van der Waals surface area contributed by atoms with Gasteiger partial charge in [0, 0.05) is 6.42 Å². The summed E-state index contributed by atoms with van der Waals surface area (Å²) in [6.07, 6.45) is 1.14. The van der Waals surface area contributed by atoms with Crippen LogP contribution in [0.15, 0.2) is 12.2 Å². The van der Waals surface area contributed by atoms with Crippen molar-refractivity contribution in [3.63, 3.8) is 0 Å². The number of carbonyl (C=O) groups excluding carboxylic acids is 2. The maximum absolute atomic E-state index is 11.3.